The van der Waals surface area contributed by atoms with Crippen LogP contribution < -0.4 is 4.72 Å². The maximum Gasteiger partial charge on any atom is 0.267 e. The summed E-state index contributed by atoms with van der Waals surface area (Å²) < 4.78 is 97.7. The minimum Gasteiger partial charge on any atom is -0.276 e. The summed E-state index contributed by atoms with van der Waals surface area (Å²) in [5.41, 5.74) is -0.226. The molecule has 0 spiro atoms. The van der Waals surface area contributed by atoms with Crippen molar-refractivity contribution >= 4 is 37.1 Å². The molecule has 9 nitrogen and oxygen atoms in total. The first-order chi connectivity index (χ1) is 21.0. The third-order valence-corrected chi connectivity index (χ3v) is 11.6. The van der Waals surface area contributed by atoms with Gasteiger partial charge in [-0.15, -0.1) is 11.3 Å². The van der Waals surface area contributed by atoms with Gasteiger partial charge in [0.15, 0.2) is 10.7 Å². The van der Waals surface area contributed by atoms with Gasteiger partial charge in [-0.25, -0.2) is 49.3 Å². The van der Waals surface area contributed by atoms with E-state index in [-0.39, 0.29) is 17.2 Å². The molecule has 0 atom stereocenters. The molecular formula is C30H32F3N5O4S3. The summed E-state index contributed by atoms with van der Waals surface area (Å²) in [5.74, 6) is -2.86. The largest absolute Gasteiger partial charge is 0.276 e. The Morgan fingerprint density at radius 3 is 2.22 bits per heavy atom. The molecule has 0 amide bonds. The number of piperidine rings is 1. The van der Waals surface area contributed by atoms with Crippen molar-refractivity contribution in [1.82, 2.24) is 19.3 Å². The molecule has 4 aromatic rings. The van der Waals surface area contributed by atoms with Gasteiger partial charge in [0, 0.05) is 36.7 Å². The quantitative estimate of drug-likeness (QED) is 0.243. The van der Waals surface area contributed by atoms with Crippen LogP contribution in [-0.2, 0) is 31.9 Å². The van der Waals surface area contributed by atoms with E-state index in [9.17, 15) is 25.6 Å². The normalized spacial score (nSPS) is 15.4. The molecule has 45 heavy (non-hydrogen) atoms. The number of halogens is 3. The third-order valence-electron chi connectivity index (χ3n) is 7.41. The van der Waals surface area contributed by atoms with Gasteiger partial charge in [-0.2, -0.15) is 0 Å². The fourth-order valence-corrected chi connectivity index (χ4v) is 8.23. The number of nitrogens with one attached hydrogen (secondary N) is 1. The number of hydrogen-bond acceptors (Lipinski definition) is 8. The Labute approximate surface area is 264 Å². The Kier molecular flexibility index (Phi) is 9.10. The van der Waals surface area contributed by atoms with Crippen LogP contribution in [-0.4, -0.2) is 55.4 Å². The van der Waals surface area contributed by atoms with Crippen LogP contribution in [0.4, 0.5) is 18.9 Å². The second-order valence-electron chi connectivity index (χ2n) is 11.9. The lowest BCUT2D eigenvalue weighted by Gasteiger charge is -2.29. The number of sulfonamides is 2. The molecule has 0 aliphatic carbocycles. The summed E-state index contributed by atoms with van der Waals surface area (Å²) >= 11 is 1.32. The van der Waals surface area contributed by atoms with Crippen LogP contribution in [0.5, 0.6) is 0 Å². The minimum absolute atomic E-state index is 0.0285. The molecule has 1 N–H and O–H groups in total. The van der Waals surface area contributed by atoms with Crippen molar-refractivity contribution in [2.24, 2.45) is 5.92 Å². The zero-order valence-corrected chi connectivity index (χ0v) is 27.5. The fourth-order valence-electron chi connectivity index (χ4n) is 5.05. The second-order valence-corrected chi connectivity index (χ2v) is 16.5. The van der Waals surface area contributed by atoms with Crippen molar-refractivity contribution in [1.29, 1.82) is 0 Å². The lowest BCUT2D eigenvalue weighted by molar-refractivity contribution is 0.271. The summed E-state index contributed by atoms with van der Waals surface area (Å²) in [5, 5.41) is 0.680. The first-order valence-electron chi connectivity index (χ1n) is 14.1. The molecule has 3 heterocycles. The fraction of sp³-hybridized carbons (Fsp3) is 0.367. The van der Waals surface area contributed by atoms with Crippen molar-refractivity contribution in [3.8, 4) is 21.8 Å². The number of thiazole rings is 1. The van der Waals surface area contributed by atoms with Gasteiger partial charge in [-0.05, 0) is 49.1 Å². The van der Waals surface area contributed by atoms with Crippen molar-refractivity contribution in [2.45, 2.75) is 50.3 Å². The molecule has 1 aliphatic rings. The first kappa shape index (κ1) is 33.0. The van der Waals surface area contributed by atoms with Gasteiger partial charge < -0.3 is 0 Å². The van der Waals surface area contributed by atoms with Gasteiger partial charge in [0.05, 0.1) is 33.2 Å². The summed E-state index contributed by atoms with van der Waals surface area (Å²) in [6, 6.07) is 8.33. The van der Waals surface area contributed by atoms with Gasteiger partial charge in [0.1, 0.15) is 17.5 Å². The smallest absolute Gasteiger partial charge is 0.267 e. The average Bonchev–Trinajstić information content (AvgIpc) is 3.40. The van der Waals surface area contributed by atoms with E-state index in [1.165, 1.54) is 34.0 Å². The zero-order valence-electron chi connectivity index (χ0n) is 25.0. The SMILES string of the molecule is CC(C)(C)c1nc(-c2cccc(NS(=O)(=O)c3c(F)cccc3F)c2F)c(-c2ccnc(CC3CCN(S(C)(=O)=O)CC3)n2)s1. The maximum absolute atomic E-state index is 16.1. The summed E-state index contributed by atoms with van der Waals surface area (Å²) in [4.78, 5) is 13.3. The topological polar surface area (TPSA) is 122 Å². The number of nitrogens with zero attached hydrogens (tertiary/aromatic N) is 4. The highest BCUT2D eigenvalue weighted by Gasteiger charge is 2.29. The lowest BCUT2D eigenvalue weighted by Crippen LogP contribution is -2.38. The Hall–Kier alpha value is -3.40. The number of aromatic nitrogens is 3. The highest BCUT2D eigenvalue weighted by atomic mass is 32.2. The van der Waals surface area contributed by atoms with Crippen LogP contribution in [0.3, 0.4) is 0 Å². The Balaban J connectivity index is 1.50. The molecule has 2 aromatic heterocycles. The second kappa shape index (κ2) is 12.4. The van der Waals surface area contributed by atoms with Crippen molar-refractivity contribution in [3.05, 3.63) is 76.9 Å². The van der Waals surface area contributed by atoms with E-state index in [1.54, 1.807) is 12.3 Å². The van der Waals surface area contributed by atoms with E-state index in [4.69, 9.17) is 9.97 Å². The van der Waals surface area contributed by atoms with Crippen molar-refractivity contribution < 1.29 is 30.0 Å². The van der Waals surface area contributed by atoms with Crippen molar-refractivity contribution in [2.75, 3.05) is 24.1 Å². The number of anilines is 1. The van der Waals surface area contributed by atoms with Gasteiger partial charge >= 0.3 is 0 Å². The molecule has 1 aliphatic heterocycles. The molecule has 5 rings (SSSR count). The molecular weight excluding hydrogens is 648 g/mol. The number of benzene rings is 2. The Morgan fingerprint density at radius 2 is 1.60 bits per heavy atom. The van der Waals surface area contributed by atoms with E-state index in [0.29, 0.717) is 53.8 Å². The molecule has 0 unspecified atom stereocenters. The van der Waals surface area contributed by atoms with Crippen LogP contribution in [0, 0.1) is 23.4 Å². The molecule has 240 valence electrons. The predicted octanol–water partition coefficient (Wildman–Crippen LogP) is 6.00. The number of rotatable bonds is 8. The van der Waals surface area contributed by atoms with Crippen LogP contribution in [0.2, 0.25) is 0 Å². The highest BCUT2D eigenvalue weighted by molar-refractivity contribution is 7.92. The predicted molar refractivity (Wildman–Crippen MR) is 167 cm³/mol. The minimum atomic E-state index is -4.82. The van der Waals surface area contributed by atoms with Crippen LogP contribution in [0.1, 0.15) is 44.4 Å². The van der Waals surface area contributed by atoms with Gasteiger partial charge in [-0.1, -0.05) is 32.9 Å². The molecule has 0 bridgehead atoms. The summed E-state index contributed by atoms with van der Waals surface area (Å²) in [6.07, 6.45) is 4.68. The van der Waals surface area contributed by atoms with Crippen LogP contribution in [0.25, 0.3) is 21.8 Å². The number of hydrogen-bond donors (Lipinski definition) is 1. The summed E-state index contributed by atoms with van der Waals surface area (Å²) in [7, 11) is -8.07. The lowest BCUT2D eigenvalue weighted by atomic mass is 9.94. The standard InChI is InChI=1S/C30H32F3N5O4S3/c1-30(2,3)29-36-26(19-7-5-10-22(25(19)33)37-45(41,42)28-20(31)8-6-9-21(28)32)27(43-29)23-11-14-34-24(35-23)17-18-12-15-38(16-13-18)44(4,39)40/h5-11,14,18,37H,12-13,15-17H2,1-4H3. The van der Waals surface area contributed by atoms with Crippen LogP contribution in [0.15, 0.2) is 53.6 Å². The van der Waals surface area contributed by atoms with Gasteiger partial charge in [-0.3, -0.25) is 4.72 Å². The molecule has 15 heteroatoms. The van der Waals surface area contributed by atoms with E-state index in [0.717, 1.165) is 24.3 Å². The third kappa shape index (κ3) is 7.21. The first-order valence-corrected chi connectivity index (χ1v) is 18.2. The molecule has 2 aromatic carbocycles. The monoisotopic (exact) mass is 679 g/mol. The molecule has 0 saturated carbocycles. The highest BCUT2D eigenvalue weighted by Crippen LogP contribution is 2.42. The van der Waals surface area contributed by atoms with Crippen LogP contribution >= 0.6 is 11.3 Å². The molecule has 1 fully saturated rings. The van der Waals surface area contributed by atoms with E-state index >= 15 is 4.39 Å². The van der Waals surface area contributed by atoms with E-state index in [1.807, 2.05) is 25.5 Å². The Morgan fingerprint density at radius 1 is 0.956 bits per heavy atom. The average molecular weight is 680 g/mol. The van der Waals surface area contributed by atoms with Gasteiger partial charge in [0.2, 0.25) is 10.0 Å². The molecule has 1 saturated heterocycles. The molecule has 0 radical (unpaired) electrons. The maximum atomic E-state index is 16.1. The van der Waals surface area contributed by atoms with Crippen molar-refractivity contribution in [3.63, 3.8) is 0 Å². The van der Waals surface area contributed by atoms with E-state index < -0.39 is 53.5 Å². The Bertz CT molecular complexity index is 1930. The summed E-state index contributed by atoms with van der Waals surface area (Å²) in [6.45, 7) is 6.73. The van der Waals surface area contributed by atoms with E-state index in [2.05, 4.69) is 4.98 Å². The van der Waals surface area contributed by atoms with Gasteiger partial charge in [0.25, 0.3) is 10.0 Å². The zero-order chi connectivity index (χ0) is 32.7.